The third-order valence-electron chi connectivity index (χ3n) is 4.46. The van der Waals surface area contributed by atoms with Crippen LogP contribution in [0.25, 0.3) is 0 Å². The number of benzene rings is 2. The maximum absolute atomic E-state index is 12.4. The fourth-order valence-electron chi connectivity index (χ4n) is 3.01. The minimum atomic E-state index is -0.184. The molecule has 6 heteroatoms. The summed E-state index contributed by atoms with van der Waals surface area (Å²) < 4.78 is 5.86. The lowest BCUT2D eigenvalue weighted by Gasteiger charge is -2.15. The van der Waals surface area contributed by atoms with Gasteiger partial charge in [0, 0.05) is 30.5 Å². The molecule has 0 aromatic heterocycles. The zero-order valence-electron chi connectivity index (χ0n) is 14.6. The number of carbonyl (C=O) groups excluding carboxylic acids is 2. The molecule has 1 N–H and O–H groups in total. The number of halogens is 1. The van der Waals surface area contributed by atoms with Gasteiger partial charge in [-0.15, -0.1) is 0 Å². The third kappa shape index (κ3) is 4.25. The van der Waals surface area contributed by atoms with Crippen molar-refractivity contribution in [3.63, 3.8) is 0 Å². The number of amides is 2. The molecule has 0 aliphatic carbocycles. The zero-order chi connectivity index (χ0) is 18.5. The van der Waals surface area contributed by atoms with Crippen molar-refractivity contribution in [2.75, 3.05) is 13.7 Å². The third-order valence-corrected chi connectivity index (χ3v) is 5.16. The van der Waals surface area contributed by atoms with Crippen LogP contribution in [0.15, 0.2) is 46.9 Å². The van der Waals surface area contributed by atoms with E-state index in [0.717, 1.165) is 0 Å². The van der Waals surface area contributed by atoms with E-state index in [1.165, 1.54) is 11.1 Å². The highest BCUT2D eigenvalue weighted by Crippen LogP contribution is 2.23. The Hall–Kier alpha value is -2.34. The molecule has 0 unspecified atom stereocenters. The van der Waals surface area contributed by atoms with Crippen LogP contribution < -0.4 is 10.1 Å². The van der Waals surface area contributed by atoms with Crippen molar-refractivity contribution in [2.45, 2.75) is 25.9 Å². The van der Waals surface area contributed by atoms with Crippen LogP contribution in [-0.2, 0) is 17.9 Å². The summed E-state index contributed by atoms with van der Waals surface area (Å²) in [5.41, 5.74) is 2.96. The maximum Gasteiger partial charge on any atom is 0.252 e. The van der Waals surface area contributed by atoms with Crippen LogP contribution >= 0.6 is 15.9 Å². The van der Waals surface area contributed by atoms with Crippen LogP contribution in [0.5, 0.6) is 5.75 Å². The van der Waals surface area contributed by atoms with Crippen molar-refractivity contribution in [1.29, 1.82) is 0 Å². The van der Waals surface area contributed by atoms with Crippen molar-refractivity contribution in [3.8, 4) is 5.75 Å². The molecule has 0 spiro atoms. The molecule has 3 rings (SSSR count). The molecule has 0 saturated heterocycles. The lowest BCUT2D eigenvalue weighted by molar-refractivity contribution is -0.131. The van der Waals surface area contributed by atoms with Gasteiger partial charge in [-0.05, 0) is 51.7 Å². The van der Waals surface area contributed by atoms with Crippen molar-refractivity contribution < 1.29 is 14.3 Å². The summed E-state index contributed by atoms with van der Waals surface area (Å²) in [6.45, 7) is 1.81. The van der Waals surface area contributed by atoms with Gasteiger partial charge in [-0.25, -0.2) is 0 Å². The van der Waals surface area contributed by atoms with Gasteiger partial charge in [0.25, 0.3) is 5.91 Å². The quantitative estimate of drug-likeness (QED) is 0.732. The van der Waals surface area contributed by atoms with E-state index in [4.69, 9.17) is 4.74 Å². The predicted molar refractivity (Wildman–Crippen MR) is 103 cm³/mol. The Labute approximate surface area is 161 Å². The second-order valence-electron chi connectivity index (χ2n) is 6.22. The predicted octanol–water partition coefficient (Wildman–Crippen LogP) is 3.51. The molecular weight excluding hydrogens is 396 g/mol. The van der Waals surface area contributed by atoms with E-state index in [1.807, 2.05) is 17.0 Å². The van der Waals surface area contributed by atoms with Gasteiger partial charge in [0.2, 0.25) is 5.91 Å². The van der Waals surface area contributed by atoms with Gasteiger partial charge in [-0.2, -0.15) is 0 Å². The minimum Gasteiger partial charge on any atom is -0.497 e. The average Bonchev–Trinajstić information content (AvgIpc) is 3.09. The van der Waals surface area contributed by atoms with Crippen LogP contribution in [-0.4, -0.2) is 30.4 Å². The monoisotopic (exact) mass is 416 g/mol. The number of ether oxygens (including phenoxy) is 1. The Morgan fingerprint density at radius 3 is 2.50 bits per heavy atom. The van der Waals surface area contributed by atoms with Gasteiger partial charge in [0.15, 0.2) is 0 Å². The van der Waals surface area contributed by atoms with E-state index >= 15 is 0 Å². The molecular formula is C20H21BrN2O3. The number of carbonyl (C=O) groups is 2. The molecule has 0 bridgehead atoms. The summed E-state index contributed by atoms with van der Waals surface area (Å²) >= 11 is 3.37. The highest BCUT2D eigenvalue weighted by molar-refractivity contribution is 9.10. The standard InChI is InChI=1S/C20H21BrN2O3/c1-26-16-8-9-18(21)17(11-16)20(25)22-10-4-7-19(24)23-12-14-5-2-3-6-15(14)13-23/h2-3,5-6,8-9,11H,4,7,10,12-13H2,1H3,(H,22,25). The minimum absolute atomic E-state index is 0.123. The van der Waals surface area contributed by atoms with Crippen LogP contribution in [0.4, 0.5) is 0 Å². The number of nitrogens with zero attached hydrogens (tertiary/aromatic N) is 1. The Kier molecular flexibility index (Phi) is 5.93. The number of hydrogen-bond acceptors (Lipinski definition) is 3. The summed E-state index contributed by atoms with van der Waals surface area (Å²) in [4.78, 5) is 26.5. The Morgan fingerprint density at radius 1 is 1.15 bits per heavy atom. The molecule has 1 aliphatic heterocycles. The molecule has 0 saturated carbocycles. The number of hydrogen-bond donors (Lipinski definition) is 1. The molecule has 0 atom stereocenters. The second kappa shape index (κ2) is 8.36. The fraction of sp³-hybridized carbons (Fsp3) is 0.300. The van der Waals surface area contributed by atoms with Crippen molar-refractivity contribution >= 4 is 27.7 Å². The molecule has 2 aromatic rings. The summed E-state index contributed by atoms with van der Waals surface area (Å²) in [6, 6.07) is 13.4. The highest BCUT2D eigenvalue weighted by Gasteiger charge is 2.22. The van der Waals surface area contributed by atoms with Gasteiger partial charge < -0.3 is 15.0 Å². The Balaban J connectivity index is 1.44. The van der Waals surface area contributed by atoms with Gasteiger partial charge in [0.1, 0.15) is 5.75 Å². The van der Waals surface area contributed by atoms with Gasteiger partial charge in [-0.1, -0.05) is 24.3 Å². The largest absolute Gasteiger partial charge is 0.497 e. The number of rotatable bonds is 6. The van der Waals surface area contributed by atoms with E-state index in [0.29, 0.717) is 48.3 Å². The highest BCUT2D eigenvalue weighted by atomic mass is 79.9. The number of fused-ring (bicyclic) bond motifs is 1. The Bertz CT molecular complexity index is 797. The van der Waals surface area contributed by atoms with E-state index in [2.05, 4.69) is 33.4 Å². The molecule has 26 heavy (non-hydrogen) atoms. The summed E-state index contributed by atoms with van der Waals surface area (Å²) in [5.74, 6) is 0.567. The van der Waals surface area contributed by atoms with Crippen LogP contribution in [0.1, 0.15) is 34.3 Å². The maximum atomic E-state index is 12.4. The van der Waals surface area contributed by atoms with E-state index in [1.54, 1.807) is 25.3 Å². The molecule has 2 aromatic carbocycles. The first-order valence-electron chi connectivity index (χ1n) is 8.55. The van der Waals surface area contributed by atoms with Gasteiger partial charge in [0.05, 0.1) is 12.7 Å². The molecule has 0 radical (unpaired) electrons. The fourth-order valence-corrected chi connectivity index (χ4v) is 3.44. The number of nitrogens with one attached hydrogen (secondary N) is 1. The molecule has 5 nitrogen and oxygen atoms in total. The molecule has 1 heterocycles. The lowest BCUT2D eigenvalue weighted by atomic mass is 10.1. The summed E-state index contributed by atoms with van der Waals surface area (Å²) in [7, 11) is 1.56. The number of methoxy groups -OCH3 is 1. The first-order chi connectivity index (χ1) is 12.6. The topological polar surface area (TPSA) is 58.6 Å². The normalized spacial score (nSPS) is 12.6. The van der Waals surface area contributed by atoms with Gasteiger partial charge in [-0.3, -0.25) is 9.59 Å². The SMILES string of the molecule is COc1ccc(Br)c(C(=O)NCCCC(=O)N2Cc3ccccc3C2)c1. The van der Waals surface area contributed by atoms with Crippen molar-refractivity contribution in [3.05, 3.63) is 63.6 Å². The molecule has 0 fully saturated rings. The first-order valence-corrected chi connectivity index (χ1v) is 9.34. The molecule has 2 amide bonds. The van der Waals surface area contributed by atoms with Gasteiger partial charge >= 0.3 is 0 Å². The first kappa shape index (κ1) is 18.5. The van der Waals surface area contributed by atoms with E-state index in [-0.39, 0.29) is 11.8 Å². The molecule has 136 valence electrons. The Morgan fingerprint density at radius 2 is 1.85 bits per heavy atom. The summed E-state index contributed by atoms with van der Waals surface area (Å²) in [5, 5.41) is 2.86. The summed E-state index contributed by atoms with van der Waals surface area (Å²) in [6.07, 6.45) is 1.03. The van der Waals surface area contributed by atoms with E-state index < -0.39 is 0 Å². The van der Waals surface area contributed by atoms with Crippen LogP contribution in [0.2, 0.25) is 0 Å². The molecule has 1 aliphatic rings. The smallest absolute Gasteiger partial charge is 0.252 e. The second-order valence-corrected chi connectivity index (χ2v) is 7.08. The van der Waals surface area contributed by atoms with E-state index in [9.17, 15) is 9.59 Å². The average molecular weight is 417 g/mol. The lowest BCUT2D eigenvalue weighted by Crippen LogP contribution is -2.28. The van der Waals surface area contributed by atoms with Crippen LogP contribution in [0, 0.1) is 0 Å². The van der Waals surface area contributed by atoms with Crippen molar-refractivity contribution in [2.24, 2.45) is 0 Å². The zero-order valence-corrected chi connectivity index (χ0v) is 16.2. The van der Waals surface area contributed by atoms with Crippen LogP contribution in [0.3, 0.4) is 0 Å². The van der Waals surface area contributed by atoms with Crippen molar-refractivity contribution in [1.82, 2.24) is 10.2 Å².